The van der Waals surface area contributed by atoms with Crippen molar-refractivity contribution in [2.24, 2.45) is 0 Å². The second kappa shape index (κ2) is 11.8. The maximum Gasteiger partial charge on any atom is 0.305 e. The molecule has 1 rings (SSSR count). The van der Waals surface area contributed by atoms with Crippen LogP contribution >= 0.6 is 11.6 Å². The van der Waals surface area contributed by atoms with Crippen molar-refractivity contribution in [3.63, 3.8) is 0 Å². The standard InChI is InChI=1S/C16H19ClF2O4/c17-13-5-7-14(8-6-13)22-11-9-21-10-12-23-16(20)4-2-1-3-15(18)19/h3,5-8H,1-2,4,9-12H2. The van der Waals surface area contributed by atoms with E-state index in [-0.39, 0.29) is 26.1 Å². The summed E-state index contributed by atoms with van der Waals surface area (Å²) in [5, 5.41) is 0.640. The van der Waals surface area contributed by atoms with Crippen LogP contribution in [0.3, 0.4) is 0 Å². The minimum absolute atomic E-state index is 0.115. The Balaban J connectivity index is 1.93. The van der Waals surface area contributed by atoms with Crippen LogP contribution < -0.4 is 4.74 Å². The van der Waals surface area contributed by atoms with Crippen LogP contribution in [0.15, 0.2) is 36.4 Å². The molecule has 0 aliphatic heterocycles. The summed E-state index contributed by atoms with van der Waals surface area (Å²) in [7, 11) is 0. The highest BCUT2D eigenvalue weighted by molar-refractivity contribution is 6.30. The van der Waals surface area contributed by atoms with Crippen LogP contribution in [0.5, 0.6) is 5.75 Å². The van der Waals surface area contributed by atoms with Crippen LogP contribution in [0.4, 0.5) is 8.78 Å². The Morgan fingerprint density at radius 2 is 1.78 bits per heavy atom. The summed E-state index contributed by atoms with van der Waals surface area (Å²) >= 11 is 5.75. The first-order valence-corrected chi connectivity index (χ1v) is 7.58. The van der Waals surface area contributed by atoms with Crippen LogP contribution in [0.25, 0.3) is 0 Å². The minimum atomic E-state index is -1.73. The molecule has 0 heterocycles. The predicted molar refractivity (Wildman–Crippen MR) is 82.9 cm³/mol. The monoisotopic (exact) mass is 348 g/mol. The molecular formula is C16H19ClF2O4. The highest BCUT2D eigenvalue weighted by Gasteiger charge is 2.02. The van der Waals surface area contributed by atoms with Gasteiger partial charge in [-0.15, -0.1) is 0 Å². The molecule has 0 unspecified atom stereocenters. The van der Waals surface area contributed by atoms with Crippen LogP contribution in [-0.2, 0) is 14.3 Å². The number of hydrogen-bond donors (Lipinski definition) is 0. The van der Waals surface area contributed by atoms with E-state index in [0.29, 0.717) is 30.4 Å². The van der Waals surface area contributed by atoms with Gasteiger partial charge in [0.25, 0.3) is 6.08 Å². The van der Waals surface area contributed by atoms with Gasteiger partial charge in [-0.05, 0) is 43.2 Å². The van der Waals surface area contributed by atoms with E-state index in [2.05, 4.69) is 0 Å². The van der Waals surface area contributed by atoms with E-state index < -0.39 is 12.0 Å². The van der Waals surface area contributed by atoms with Gasteiger partial charge in [0, 0.05) is 11.4 Å². The van der Waals surface area contributed by atoms with Gasteiger partial charge in [-0.2, -0.15) is 8.78 Å². The molecule has 0 saturated carbocycles. The molecule has 0 spiro atoms. The summed E-state index contributed by atoms with van der Waals surface area (Å²) < 4.78 is 39.1. The van der Waals surface area contributed by atoms with E-state index in [1.807, 2.05) is 0 Å². The van der Waals surface area contributed by atoms with Crippen molar-refractivity contribution in [2.75, 3.05) is 26.4 Å². The summed E-state index contributed by atoms with van der Waals surface area (Å²) in [5.74, 6) is 0.280. The number of ether oxygens (including phenoxy) is 3. The van der Waals surface area contributed by atoms with Crippen LogP contribution in [0, 0.1) is 0 Å². The largest absolute Gasteiger partial charge is 0.491 e. The molecule has 7 heteroatoms. The van der Waals surface area contributed by atoms with E-state index in [1.165, 1.54) is 0 Å². The van der Waals surface area contributed by atoms with E-state index in [4.69, 9.17) is 25.8 Å². The fourth-order valence-corrected chi connectivity index (χ4v) is 1.72. The maximum atomic E-state index is 11.7. The molecule has 0 atom stereocenters. The number of hydrogen-bond acceptors (Lipinski definition) is 4. The number of benzene rings is 1. The third-order valence-corrected chi connectivity index (χ3v) is 2.94. The lowest BCUT2D eigenvalue weighted by Crippen LogP contribution is -2.13. The molecular weight excluding hydrogens is 330 g/mol. The fraction of sp³-hybridized carbons (Fsp3) is 0.438. The first-order chi connectivity index (χ1) is 11.1. The summed E-state index contributed by atoms with van der Waals surface area (Å²) in [5.41, 5.74) is 0. The molecule has 0 radical (unpaired) electrons. The number of rotatable bonds is 11. The van der Waals surface area contributed by atoms with Crippen LogP contribution in [0.2, 0.25) is 5.02 Å². The molecule has 4 nitrogen and oxygen atoms in total. The number of unbranched alkanes of at least 4 members (excludes halogenated alkanes) is 1. The normalized spacial score (nSPS) is 10.2. The Bertz CT molecular complexity index is 487. The third kappa shape index (κ3) is 10.7. The van der Waals surface area contributed by atoms with Crippen molar-refractivity contribution < 1.29 is 27.8 Å². The quantitative estimate of drug-likeness (QED) is 0.443. The molecule has 23 heavy (non-hydrogen) atoms. The Morgan fingerprint density at radius 3 is 2.48 bits per heavy atom. The minimum Gasteiger partial charge on any atom is -0.491 e. The van der Waals surface area contributed by atoms with E-state index in [9.17, 15) is 13.6 Å². The van der Waals surface area contributed by atoms with Gasteiger partial charge in [-0.25, -0.2) is 0 Å². The van der Waals surface area contributed by atoms with Crippen molar-refractivity contribution in [2.45, 2.75) is 19.3 Å². The topological polar surface area (TPSA) is 44.8 Å². The summed E-state index contributed by atoms with van der Waals surface area (Å²) in [6.07, 6.45) is -0.324. The van der Waals surface area contributed by atoms with Gasteiger partial charge in [-0.1, -0.05) is 11.6 Å². The first-order valence-electron chi connectivity index (χ1n) is 7.21. The summed E-state index contributed by atoms with van der Waals surface area (Å²) in [6.45, 7) is 1.12. The van der Waals surface area contributed by atoms with Crippen molar-refractivity contribution in [3.05, 3.63) is 41.4 Å². The number of carbonyl (C=O) groups excluding carboxylic acids is 1. The molecule has 0 saturated heterocycles. The van der Waals surface area contributed by atoms with Crippen molar-refractivity contribution in [1.29, 1.82) is 0 Å². The summed E-state index contributed by atoms with van der Waals surface area (Å²) in [4.78, 5) is 11.3. The van der Waals surface area contributed by atoms with Crippen molar-refractivity contribution >= 4 is 17.6 Å². The zero-order chi connectivity index (χ0) is 16.9. The van der Waals surface area contributed by atoms with Crippen LogP contribution in [0.1, 0.15) is 19.3 Å². The van der Waals surface area contributed by atoms with E-state index in [0.717, 1.165) is 6.08 Å². The van der Waals surface area contributed by atoms with Crippen molar-refractivity contribution in [3.8, 4) is 5.75 Å². The fourth-order valence-electron chi connectivity index (χ4n) is 1.60. The van der Waals surface area contributed by atoms with Gasteiger partial charge in [0.05, 0.1) is 13.2 Å². The Labute approximate surface area is 139 Å². The number of carbonyl (C=O) groups is 1. The third-order valence-electron chi connectivity index (χ3n) is 2.68. The Morgan fingerprint density at radius 1 is 1.09 bits per heavy atom. The smallest absolute Gasteiger partial charge is 0.305 e. The second-order valence-electron chi connectivity index (χ2n) is 4.52. The first kappa shape index (κ1) is 19.4. The zero-order valence-electron chi connectivity index (χ0n) is 12.6. The van der Waals surface area contributed by atoms with Gasteiger partial charge in [0.15, 0.2) is 0 Å². The van der Waals surface area contributed by atoms with Gasteiger partial charge in [-0.3, -0.25) is 4.79 Å². The molecule has 0 aromatic heterocycles. The maximum absolute atomic E-state index is 11.7. The lowest BCUT2D eigenvalue weighted by Gasteiger charge is -2.08. The van der Waals surface area contributed by atoms with Gasteiger partial charge in [0.1, 0.15) is 19.0 Å². The van der Waals surface area contributed by atoms with Gasteiger partial charge < -0.3 is 14.2 Å². The van der Waals surface area contributed by atoms with Gasteiger partial charge >= 0.3 is 5.97 Å². The second-order valence-corrected chi connectivity index (χ2v) is 4.96. The zero-order valence-corrected chi connectivity index (χ0v) is 13.4. The van der Waals surface area contributed by atoms with Crippen molar-refractivity contribution in [1.82, 2.24) is 0 Å². The SMILES string of the molecule is O=C(CCCC=C(F)F)OCCOCCOc1ccc(Cl)cc1. The van der Waals surface area contributed by atoms with Gasteiger partial charge in [0.2, 0.25) is 0 Å². The number of allylic oxidation sites excluding steroid dienone is 1. The van der Waals surface area contributed by atoms with E-state index in [1.54, 1.807) is 24.3 Å². The molecule has 0 amide bonds. The average Bonchev–Trinajstić information content (AvgIpc) is 2.52. The average molecular weight is 349 g/mol. The van der Waals surface area contributed by atoms with E-state index >= 15 is 0 Å². The predicted octanol–water partition coefficient (Wildman–Crippen LogP) is 4.23. The molecule has 0 bridgehead atoms. The Hall–Kier alpha value is -1.66. The highest BCUT2D eigenvalue weighted by atomic mass is 35.5. The molecule has 0 fully saturated rings. The molecule has 0 aliphatic carbocycles. The molecule has 128 valence electrons. The lowest BCUT2D eigenvalue weighted by molar-refractivity contribution is -0.145. The molecule has 0 aliphatic rings. The van der Waals surface area contributed by atoms with Crippen LogP contribution in [-0.4, -0.2) is 32.4 Å². The Kier molecular flexibility index (Phi) is 9.99. The number of esters is 1. The molecule has 0 N–H and O–H groups in total. The summed E-state index contributed by atoms with van der Waals surface area (Å²) in [6, 6.07) is 6.98. The highest BCUT2D eigenvalue weighted by Crippen LogP contribution is 2.15. The lowest BCUT2D eigenvalue weighted by atomic mass is 10.2. The molecule has 1 aromatic rings. The number of halogens is 3. The molecule has 1 aromatic carbocycles.